The Labute approximate surface area is 224 Å². The molecule has 0 aliphatic heterocycles. The van der Waals surface area contributed by atoms with Gasteiger partial charge in [-0.1, -0.05) is 141 Å². The standard InChI is InChI=1S/C32H61NO3/c1-3-5-7-9-11-13-15-17-19-21-23-25-27-31(35)30(29-34)33-32(36)28-26-24-22-20-18-16-14-12-10-8-6-4-2/h17,19,25,27,30-31,34-35H,3-16,18,20-24,26,28-29H2,1-2H3,(H,33,36)/b19-17+,27-25+/t30-,31+/m0/s1. The van der Waals surface area contributed by atoms with Gasteiger partial charge in [-0.05, 0) is 32.1 Å². The van der Waals surface area contributed by atoms with Gasteiger partial charge in [0.1, 0.15) is 0 Å². The first kappa shape index (κ1) is 34.9. The van der Waals surface area contributed by atoms with Crippen LogP contribution in [0.2, 0.25) is 0 Å². The van der Waals surface area contributed by atoms with Gasteiger partial charge in [-0.3, -0.25) is 4.79 Å². The smallest absolute Gasteiger partial charge is 0.220 e. The van der Waals surface area contributed by atoms with Crippen LogP contribution in [-0.2, 0) is 4.79 Å². The molecule has 2 atom stereocenters. The molecule has 0 radical (unpaired) electrons. The minimum absolute atomic E-state index is 0.0776. The molecule has 0 fully saturated rings. The Kier molecular flexibility index (Phi) is 27.5. The molecule has 3 N–H and O–H groups in total. The van der Waals surface area contributed by atoms with Crippen LogP contribution in [0.3, 0.4) is 0 Å². The fraction of sp³-hybridized carbons (Fsp3) is 0.844. The van der Waals surface area contributed by atoms with E-state index >= 15 is 0 Å². The number of aliphatic hydroxyl groups is 2. The Hall–Kier alpha value is -1.13. The van der Waals surface area contributed by atoms with Gasteiger partial charge in [-0.15, -0.1) is 0 Å². The Bertz CT molecular complexity index is 518. The van der Waals surface area contributed by atoms with Crippen LogP contribution < -0.4 is 5.32 Å². The van der Waals surface area contributed by atoms with E-state index in [0.717, 1.165) is 32.1 Å². The highest BCUT2D eigenvalue weighted by Gasteiger charge is 2.17. The predicted octanol–water partition coefficient (Wildman–Crippen LogP) is 8.56. The third-order valence-electron chi connectivity index (χ3n) is 6.94. The summed E-state index contributed by atoms with van der Waals surface area (Å²) < 4.78 is 0. The van der Waals surface area contributed by atoms with Crippen molar-refractivity contribution in [2.45, 2.75) is 167 Å². The number of carbonyl (C=O) groups excluding carboxylic acids is 1. The normalized spacial score (nSPS) is 13.6. The summed E-state index contributed by atoms with van der Waals surface area (Å²) in [5.41, 5.74) is 0. The van der Waals surface area contributed by atoms with E-state index in [2.05, 4.69) is 31.3 Å². The van der Waals surface area contributed by atoms with Gasteiger partial charge in [0.2, 0.25) is 5.91 Å². The molecular formula is C32H61NO3. The minimum atomic E-state index is -0.854. The minimum Gasteiger partial charge on any atom is -0.394 e. The van der Waals surface area contributed by atoms with Crippen LogP contribution in [0.4, 0.5) is 0 Å². The monoisotopic (exact) mass is 507 g/mol. The maximum absolute atomic E-state index is 12.2. The average molecular weight is 508 g/mol. The summed E-state index contributed by atoms with van der Waals surface area (Å²) in [7, 11) is 0. The van der Waals surface area contributed by atoms with E-state index in [-0.39, 0.29) is 12.5 Å². The predicted molar refractivity (Wildman–Crippen MR) is 156 cm³/mol. The molecule has 0 aromatic rings. The number of amides is 1. The SMILES string of the molecule is CCCCCCCC/C=C/CC/C=C/[C@@H](O)[C@H](CO)NC(=O)CCCCCCCCCCCCCC. The van der Waals surface area contributed by atoms with Crippen molar-refractivity contribution >= 4 is 5.91 Å². The molecule has 0 heterocycles. The highest BCUT2D eigenvalue weighted by Crippen LogP contribution is 2.13. The topological polar surface area (TPSA) is 69.6 Å². The molecule has 4 heteroatoms. The van der Waals surface area contributed by atoms with Crippen molar-refractivity contribution < 1.29 is 15.0 Å². The molecule has 212 valence electrons. The molecule has 0 aromatic heterocycles. The van der Waals surface area contributed by atoms with Gasteiger partial charge >= 0.3 is 0 Å². The largest absolute Gasteiger partial charge is 0.394 e. The van der Waals surface area contributed by atoms with Gasteiger partial charge in [0.05, 0.1) is 18.8 Å². The Morgan fingerprint density at radius 3 is 1.61 bits per heavy atom. The second-order valence-corrected chi connectivity index (χ2v) is 10.5. The molecule has 0 unspecified atom stereocenters. The Morgan fingerprint density at radius 1 is 0.639 bits per heavy atom. The van der Waals surface area contributed by atoms with Gasteiger partial charge < -0.3 is 15.5 Å². The zero-order chi connectivity index (χ0) is 26.5. The van der Waals surface area contributed by atoms with E-state index in [1.165, 1.54) is 103 Å². The third-order valence-corrected chi connectivity index (χ3v) is 6.94. The third kappa shape index (κ3) is 24.6. The van der Waals surface area contributed by atoms with Gasteiger partial charge in [0.15, 0.2) is 0 Å². The number of aliphatic hydroxyl groups excluding tert-OH is 2. The molecule has 0 spiro atoms. The summed E-state index contributed by atoms with van der Waals surface area (Å²) in [6.45, 7) is 4.25. The number of nitrogens with one attached hydrogen (secondary N) is 1. The zero-order valence-electron chi connectivity index (χ0n) is 24.0. The molecule has 0 saturated heterocycles. The molecule has 0 rings (SSSR count). The van der Waals surface area contributed by atoms with Crippen molar-refractivity contribution in [1.82, 2.24) is 5.32 Å². The molecule has 0 bridgehead atoms. The van der Waals surface area contributed by atoms with Crippen LogP contribution >= 0.6 is 0 Å². The molecule has 0 aromatic carbocycles. The molecule has 1 amide bonds. The molecular weight excluding hydrogens is 446 g/mol. The highest BCUT2D eigenvalue weighted by molar-refractivity contribution is 5.76. The van der Waals surface area contributed by atoms with Crippen LogP contribution in [0.15, 0.2) is 24.3 Å². The number of carbonyl (C=O) groups is 1. The molecule has 0 aliphatic carbocycles. The van der Waals surface area contributed by atoms with Crippen molar-refractivity contribution in [2.24, 2.45) is 0 Å². The summed E-state index contributed by atoms with van der Waals surface area (Å²) in [6.07, 6.45) is 33.9. The number of hydrogen-bond acceptors (Lipinski definition) is 3. The summed E-state index contributed by atoms with van der Waals surface area (Å²) in [5, 5.41) is 22.7. The Morgan fingerprint density at radius 2 is 1.08 bits per heavy atom. The van der Waals surface area contributed by atoms with E-state index in [1.54, 1.807) is 6.08 Å². The van der Waals surface area contributed by atoms with Crippen molar-refractivity contribution in [1.29, 1.82) is 0 Å². The second kappa shape index (κ2) is 28.4. The van der Waals surface area contributed by atoms with Gasteiger partial charge in [-0.2, -0.15) is 0 Å². The van der Waals surface area contributed by atoms with Crippen molar-refractivity contribution in [3.63, 3.8) is 0 Å². The highest BCUT2D eigenvalue weighted by atomic mass is 16.3. The van der Waals surface area contributed by atoms with E-state index in [9.17, 15) is 15.0 Å². The first-order valence-corrected chi connectivity index (χ1v) is 15.6. The lowest BCUT2D eigenvalue weighted by molar-refractivity contribution is -0.123. The van der Waals surface area contributed by atoms with Gasteiger partial charge in [0.25, 0.3) is 0 Å². The Balaban J connectivity index is 3.73. The second-order valence-electron chi connectivity index (χ2n) is 10.5. The van der Waals surface area contributed by atoms with Crippen LogP contribution in [0, 0.1) is 0 Å². The van der Waals surface area contributed by atoms with Gasteiger partial charge in [-0.25, -0.2) is 0 Å². The average Bonchev–Trinajstić information content (AvgIpc) is 2.88. The number of allylic oxidation sites excluding steroid dienone is 3. The summed E-state index contributed by atoms with van der Waals surface area (Å²) in [5.74, 6) is -0.0776. The molecule has 36 heavy (non-hydrogen) atoms. The summed E-state index contributed by atoms with van der Waals surface area (Å²) in [6, 6.07) is -0.630. The maximum Gasteiger partial charge on any atom is 0.220 e. The summed E-state index contributed by atoms with van der Waals surface area (Å²) in [4.78, 5) is 12.2. The fourth-order valence-corrected chi connectivity index (χ4v) is 4.48. The zero-order valence-corrected chi connectivity index (χ0v) is 24.0. The van der Waals surface area contributed by atoms with Crippen molar-refractivity contribution in [2.75, 3.05) is 6.61 Å². The van der Waals surface area contributed by atoms with Crippen molar-refractivity contribution in [3.8, 4) is 0 Å². The first-order chi connectivity index (χ1) is 17.7. The molecule has 0 saturated carbocycles. The van der Waals surface area contributed by atoms with E-state index in [4.69, 9.17) is 0 Å². The van der Waals surface area contributed by atoms with Crippen LogP contribution in [0.25, 0.3) is 0 Å². The fourth-order valence-electron chi connectivity index (χ4n) is 4.48. The van der Waals surface area contributed by atoms with Crippen molar-refractivity contribution in [3.05, 3.63) is 24.3 Å². The van der Waals surface area contributed by atoms with Gasteiger partial charge in [0, 0.05) is 6.42 Å². The lowest BCUT2D eigenvalue weighted by atomic mass is 10.0. The first-order valence-electron chi connectivity index (χ1n) is 15.6. The van der Waals surface area contributed by atoms with E-state index < -0.39 is 12.1 Å². The molecule has 4 nitrogen and oxygen atoms in total. The number of unbranched alkanes of at least 4 members (excludes halogenated alkanes) is 18. The number of hydrogen-bond donors (Lipinski definition) is 3. The van der Waals surface area contributed by atoms with Crippen LogP contribution in [-0.4, -0.2) is 34.9 Å². The number of rotatable bonds is 27. The quantitative estimate of drug-likeness (QED) is 0.0770. The maximum atomic E-state index is 12.2. The van der Waals surface area contributed by atoms with E-state index in [0.29, 0.717) is 6.42 Å². The van der Waals surface area contributed by atoms with E-state index in [1.807, 2.05) is 6.08 Å². The summed E-state index contributed by atoms with van der Waals surface area (Å²) >= 11 is 0. The lowest BCUT2D eigenvalue weighted by Gasteiger charge is -2.19. The van der Waals surface area contributed by atoms with Crippen LogP contribution in [0.1, 0.15) is 155 Å². The lowest BCUT2D eigenvalue weighted by Crippen LogP contribution is -2.45. The molecule has 0 aliphatic rings. The van der Waals surface area contributed by atoms with Crippen LogP contribution in [0.5, 0.6) is 0 Å².